The van der Waals surface area contributed by atoms with Crippen molar-refractivity contribution in [1.29, 1.82) is 0 Å². The molecule has 2 amide bonds. The van der Waals surface area contributed by atoms with Crippen LogP contribution in [0.15, 0.2) is 18.2 Å². The zero-order valence-electron chi connectivity index (χ0n) is 21.8. The minimum absolute atomic E-state index is 0.0629. The summed E-state index contributed by atoms with van der Waals surface area (Å²) in [4.78, 5) is 25.4. The van der Waals surface area contributed by atoms with Gasteiger partial charge in [-0.1, -0.05) is 40.0 Å². The van der Waals surface area contributed by atoms with Crippen LogP contribution >= 0.6 is 0 Å². The van der Waals surface area contributed by atoms with E-state index in [1.54, 1.807) is 4.90 Å². The van der Waals surface area contributed by atoms with Gasteiger partial charge >= 0.3 is 12.3 Å². The van der Waals surface area contributed by atoms with Gasteiger partial charge in [0.05, 0.1) is 12.7 Å². The second-order valence-corrected chi connectivity index (χ2v) is 8.77. The van der Waals surface area contributed by atoms with Gasteiger partial charge in [-0.3, -0.25) is 10.1 Å². The van der Waals surface area contributed by atoms with Gasteiger partial charge in [0.2, 0.25) is 6.41 Å². The molecule has 200 valence electrons. The van der Waals surface area contributed by atoms with E-state index in [1.165, 1.54) is 44.2 Å². The number of rotatable bonds is 5. The van der Waals surface area contributed by atoms with E-state index >= 15 is 0 Å². The van der Waals surface area contributed by atoms with Crippen molar-refractivity contribution in [2.45, 2.75) is 84.9 Å². The number of anilines is 2. The maximum atomic E-state index is 13.3. The monoisotopic (exact) mass is 501 g/mol. The van der Waals surface area contributed by atoms with Gasteiger partial charge in [-0.2, -0.15) is 13.2 Å². The third-order valence-corrected chi connectivity index (χ3v) is 6.28. The van der Waals surface area contributed by atoms with Crippen LogP contribution in [0.25, 0.3) is 0 Å². The third-order valence-electron chi connectivity index (χ3n) is 6.28. The molecule has 9 heteroatoms. The van der Waals surface area contributed by atoms with Gasteiger partial charge in [-0.15, -0.1) is 0 Å². The van der Waals surface area contributed by atoms with E-state index in [1.807, 2.05) is 32.6 Å². The molecule has 0 radical (unpaired) electrons. The van der Waals surface area contributed by atoms with Crippen molar-refractivity contribution in [1.82, 2.24) is 4.90 Å². The Labute approximate surface area is 208 Å². The topological polar surface area (TPSA) is 61.9 Å². The second kappa shape index (κ2) is 15.5. The predicted molar refractivity (Wildman–Crippen MR) is 135 cm³/mol. The lowest BCUT2D eigenvalue weighted by Gasteiger charge is -2.34. The first kappa shape index (κ1) is 30.6. The van der Waals surface area contributed by atoms with Gasteiger partial charge in [0.1, 0.15) is 0 Å². The molecule has 1 saturated carbocycles. The number of carbonyl (C=O) groups is 2. The molecule has 35 heavy (non-hydrogen) atoms. The lowest BCUT2D eigenvalue weighted by atomic mass is 9.94. The zero-order chi connectivity index (χ0) is 26.4. The molecule has 1 aliphatic carbocycles. The van der Waals surface area contributed by atoms with Crippen molar-refractivity contribution in [3.8, 4) is 0 Å². The Hall–Kier alpha value is -2.45. The van der Waals surface area contributed by atoms with E-state index in [-0.39, 0.29) is 11.4 Å². The van der Waals surface area contributed by atoms with E-state index in [9.17, 15) is 22.8 Å². The Bertz CT molecular complexity index is 768. The first-order chi connectivity index (χ1) is 16.7. The summed E-state index contributed by atoms with van der Waals surface area (Å²) >= 11 is 0. The van der Waals surface area contributed by atoms with Gasteiger partial charge in [0.15, 0.2) is 0 Å². The molecular weight excluding hydrogens is 459 g/mol. The van der Waals surface area contributed by atoms with Crippen LogP contribution in [0, 0.1) is 5.92 Å². The minimum atomic E-state index is -4.48. The number of carbonyl (C=O) groups excluding carboxylic acids is 2. The van der Waals surface area contributed by atoms with Crippen molar-refractivity contribution in [2.24, 2.45) is 5.92 Å². The lowest BCUT2D eigenvalue weighted by molar-refractivity contribution is -0.137. The molecule has 1 unspecified atom stereocenters. The second-order valence-electron chi connectivity index (χ2n) is 8.77. The number of nitrogens with zero attached hydrogens (tertiary/aromatic N) is 2. The molecule has 1 aromatic rings. The largest absolute Gasteiger partial charge is 0.453 e. The Morgan fingerprint density at radius 1 is 1.17 bits per heavy atom. The number of piperidine rings is 1. The van der Waals surface area contributed by atoms with Crippen molar-refractivity contribution < 1.29 is 27.5 Å². The highest BCUT2D eigenvalue weighted by molar-refractivity contribution is 5.85. The fourth-order valence-electron chi connectivity index (χ4n) is 4.53. The van der Waals surface area contributed by atoms with E-state index in [0.29, 0.717) is 25.0 Å². The normalized spacial score (nSPS) is 18.3. The number of ether oxygens (including phenoxy) is 1. The molecule has 1 saturated heterocycles. The van der Waals surface area contributed by atoms with E-state index in [0.717, 1.165) is 39.0 Å². The summed E-state index contributed by atoms with van der Waals surface area (Å²) in [5.74, 6) is 0.364. The summed E-state index contributed by atoms with van der Waals surface area (Å²) in [5.41, 5.74) is -0.516. The highest BCUT2D eigenvalue weighted by Crippen LogP contribution is 2.39. The molecule has 1 N–H and O–H groups in total. The fourth-order valence-corrected chi connectivity index (χ4v) is 4.53. The first-order valence-corrected chi connectivity index (χ1v) is 12.7. The molecule has 2 aliphatic rings. The predicted octanol–water partition coefficient (Wildman–Crippen LogP) is 6.94. The summed E-state index contributed by atoms with van der Waals surface area (Å²) < 4.78 is 44.4. The molecule has 0 aromatic heterocycles. The maximum absolute atomic E-state index is 13.3. The van der Waals surface area contributed by atoms with E-state index < -0.39 is 17.8 Å². The summed E-state index contributed by atoms with van der Waals surface area (Å²) in [7, 11) is 1.16. The minimum Gasteiger partial charge on any atom is -0.453 e. The number of nitrogens with one attached hydrogen (secondary N) is 1. The van der Waals surface area contributed by atoms with E-state index in [2.05, 4.69) is 10.1 Å². The van der Waals surface area contributed by atoms with E-state index in [4.69, 9.17) is 0 Å². The van der Waals surface area contributed by atoms with Gasteiger partial charge < -0.3 is 14.5 Å². The average Bonchev–Trinajstić information content (AvgIpc) is 2.86. The maximum Gasteiger partial charge on any atom is 0.418 e. The van der Waals surface area contributed by atoms with Crippen LogP contribution in [-0.4, -0.2) is 50.2 Å². The molecule has 1 aliphatic heterocycles. The number of amides is 2. The van der Waals surface area contributed by atoms with Crippen molar-refractivity contribution >= 4 is 23.9 Å². The summed E-state index contributed by atoms with van der Waals surface area (Å²) in [6.45, 7) is 10.2. The SMILES string of the molecule is CC.CCN(C=O)C1CCCCC1.COC(=O)Nc1ccc(N2CCCC(C)C2)c(C(F)(F)F)c1. The molecule has 6 nitrogen and oxygen atoms in total. The molecule has 0 bridgehead atoms. The molecule has 3 rings (SSSR count). The van der Waals surface area contributed by atoms with Crippen LogP contribution in [0.1, 0.15) is 78.2 Å². The van der Waals surface area contributed by atoms with Gasteiger partial charge in [0, 0.05) is 37.1 Å². The molecule has 1 heterocycles. The zero-order valence-corrected chi connectivity index (χ0v) is 21.8. The number of alkyl halides is 3. The Balaban J connectivity index is 0.000000395. The van der Waals surface area contributed by atoms with Crippen molar-refractivity contribution in [2.75, 3.05) is 37.0 Å². The van der Waals surface area contributed by atoms with Crippen molar-refractivity contribution in [3.05, 3.63) is 23.8 Å². The lowest BCUT2D eigenvalue weighted by Crippen LogP contribution is -2.35. The Morgan fingerprint density at radius 3 is 2.34 bits per heavy atom. The fraction of sp³-hybridized carbons (Fsp3) is 0.692. The quantitative estimate of drug-likeness (QED) is 0.444. The number of hydrogen-bond acceptors (Lipinski definition) is 4. The number of halogens is 3. The summed E-state index contributed by atoms with van der Waals surface area (Å²) in [6.07, 6.45) is 4.00. The van der Waals surface area contributed by atoms with Gasteiger partial charge in [0.25, 0.3) is 0 Å². The van der Waals surface area contributed by atoms with Crippen LogP contribution in [0.5, 0.6) is 0 Å². The van der Waals surface area contributed by atoms with Gasteiger partial charge in [-0.25, -0.2) is 4.79 Å². The smallest absolute Gasteiger partial charge is 0.418 e. The summed E-state index contributed by atoms with van der Waals surface area (Å²) in [6, 6.07) is 4.37. The molecular formula is C26H42F3N3O3. The number of methoxy groups -OCH3 is 1. The Kier molecular flexibility index (Phi) is 13.6. The van der Waals surface area contributed by atoms with Crippen LogP contribution in [0.2, 0.25) is 0 Å². The van der Waals surface area contributed by atoms with Gasteiger partial charge in [-0.05, 0) is 56.7 Å². The molecule has 0 spiro atoms. The highest BCUT2D eigenvalue weighted by Gasteiger charge is 2.36. The van der Waals surface area contributed by atoms with Crippen LogP contribution in [0.4, 0.5) is 29.3 Å². The summed E-state index contributed by atoms with van der Waals surface area (Å²) in [5, 5.41) is 2.26. The molecule has 2 fully saturated rings. The molecule has 1 atom stereocenters. The molecule has 1 aromatic carbocycles. The standard InChI is InChI=1S/C15H19F3N2O2.C9H17NO.C2H6/c1-10-4-3-7-20(9-10)13-6-5-11(19-14(21)22-2)8-12(13)15(16,17)18;1-2-10(8-11)9-6-4-3-5-7-9;1-2/h5-6,8,10H,3-4,7,9H2,1-2H3,(H,19,21);8-9H,2-7H2,1H3;1-2H3. The van der Waals surface area contributed by atoms with Crippen LogP contribution in [0.3, 0.4) is 0 Å². The first-order valence-electron chi connectivity index (χ1n) is 12.7. The average molecular weight is 502 g/mol. The van der Waals surface area contributed by atoms with Crippen molar-refractivity contribution in [3.63, 3.8) is 0 Å². The van der Waals surface area contributed by atoms with Crippen LogP contribution < -0.4 is 10.2 Å². The highest BCUT2D eigenvalue weighted by atomic mass is 19.4. The number of hydrogen-bond donors (Lipinski definition) is 1. The Morgan fingerprint density at radius 2 is 1.83 bits per heavy atom. The number of benzene rings is 1. The third kappa shape index (κ3) is 9.98. The van der Waals surface area contributed by atoms with Crippen LogP contribution in [-0.2, 0) is 15.7 Å².